The number of nitrogens with zero attached hydrogens (tertiary/aromatic N) is 4. The lowest BCUT2D eigenvalue weighted by Gasteiger charge is -2.29. The molecule has 184 valence electrons. The van der Waals surface area contributed by atoms with Crippen molar-refractivity contribution in [3.05, 3.63) is 77.4 Å². The van der Waals surface area contributed by atoms with Crippen molar-refractivity contribution in [2.75, 3.05) is 37.7 Å². The van der Waals surface area contributed by atoms with E-state index in [0.29, 0.717) is 5.92 Å². The minimum Gasteiger partial charge on any atom is -0.378 e. The molecule has 2 aromatic heterocycles. The fourth-order valence-corrected chi connectivity index (χ4v) is 5.77. The normalized spacial score (nSPS) is 20.5. The first kappa shape index (κ1) is 23.8. The second-order valence-corrected chi connectivity index (χ2v) is 10.3. The Bertz CT molecular complexity index is 1170. The molecule has 2 fully saturated rings. The molecular formula is C28H35N5OS. The summed E-state index contributed by atoms with van der Waals surface area (Å²) >= 11 is 5.83. The van der Waals surface area contributed by atoms with Crippen LogP contribution in [-0.2, 0) is 4.74 Å². The summed E-state index contributed by atoms with van der Waals surface area (Å²) in [6.07, 6.45) is 1.86. The highest BCUT2D eigenvalue weighted by Crippen LogP contribution is 2.41. The first-order valence-electron chi connectivity index (χ1n) is 12.5. The summed E-state index contributed by atoms with van der Waals surface area (Å²) in [5, 5.41) is 4.39. The fourth-order valence-electron chi connectivity index (χ4n) is 5.45. The van der Waals surface area contributed by atoms with Gasteiger partial charge in [0.25, 0.3) is 0 Å². The van der Waals surface area contributed by atoms with Gasteiger partial charge in [-0.15, -0.1) is 0 Å². The van der Waals surface area contributed by atoms with E-state index in [0.717, 1.165) is 43.7 Å². The van der Waals surface area contributed by atoms with Crippen LogP contribution in [0.3, 0.4) is 0 Å². The van der Waals surface area contributed by atoms with Crippen molar-refractivity contribution in [1.82, 2.24) is 19.8 Å². The summed E-state index contributed by atoms with van der Waals surface area (Å²) in [6.45, 7) is 13.3. The molecule has 0 radical (unpaired) electrons. The molecule has 0 unspecified atom stereocenters. The average Bonchev–Trinajstić information content (AvgIpc) is 3.34. The first-order valence-corrected chi connectivity index (χ1v) is 12.9. The van der Waals surface area contributed by atoms with Crippen LogP contribution in [0.1, 0.15) is 48.6 Å². The van der Waals surface area contributed by atoms with Gasteiger partial charge < -0.3 is 24.4 Å². The van der Waals surface area contributed by atoms with E-state index in [1.165, 1.54) is 28.3 Å². The molecule has 2 aliphatic rings. The Morgan fingerprint density at radius 2 is 1.77 bits per heavy atom. The molecule has 6 nitrogen and oxygen atoms in total. The van der Waals surface area contributed by atoms with Gasteiger partial charge in [-0.1, -0.05) is 19.9 Å². The Balaban J connectivity index is 1.51. The number of thiocarbonyl (C=S) groups is 1. The summed E-state index contributed by atoms with van der Waals surface area (Å²) in [5.74, 6) is 0.496. The summed E-state index contributed by atoms with van der Waals surface area (Å²) in [4.78, 5) is 9.43. The van der Waals surface area contributed by atoms with Gasteiger partial charge in [0, 0.05) is 48.6 Å². The number of hydrogen-bond donors (Lipinski definition) is 1. The van der Waals surface area contributed by atoms with Gasteiger partial charge in [-0.3, -0.25) is 4.98 Å². The Hall–Kier alpha value is -2.90. The lowest BCUT2D eigenvalue weighted by atomic mass is 9.96. The van der Waals surface area contributed by atoms with Gasteiger partial charge in [0.05, 0.1) is 31.0 Å². The minimum atomic E-state index is 0.0140. The van der Waals surface area contributed by atoms with Crippen LogP contribution in [-0.4, -0.2) is 52.4 Å². The van der Waals surface area contributed by atoms with Crippen molar-refractivity contribution in [2.45, 2.75) is 39.8 Å². The van der Waals surface area contributed by atoms with Crippen molar-refractivity contribution in [1.29, 1.82) is 0 Å². The summed E-state index contributed by atoms with van der Waals surface area (Å²) in [5.41, 5.74) is 7.21. The highest BCUT2D eigenvalue weighted by Gasteiger charge is 2.41. The monoisotopic (exact) mass is 489 g/mol. The molecule has 2 saturated heterocycles. The molecule has 0 spiro atoms. The van der Waals surface area contributed by atoms with Crippen molar-refractivity contribution < 1.29 is 4.74 Å². The third kappa shape index (κ3) is 4.67. The third-order valence-electron chi connectivity index (χ3n) is 7.03. The number of morpholine rings is 1. The second kappa shape index (κ2) is 9.99. The molecule has 0 bridgehead atoms. The van der Waals surface area contributed by atoms with Crippen LogP contribution in [0.5, 0.6) is 0 Å². The summed E-state index contributed by atoms with van der Waals surface area (Å²) in [7, 11) is 0. The van der Waals surface area contributed by atoms with Crippen LogP contribution in [0.2, 0.25) is 0 Å². The SMILES string of the molecule is Cc1cc([C@@H]2[C@@H](c3ccccn3)NC(=S)N2CC(C)C)c(C)n1-c1ccc(N2CCOCC2)cc1. The van der Waals surface area contributed by atoms with E-state index in [2.05, 4.69) is 94.8 Å². The molecule has 0 aliphatic carbocycles. The minimum absolute atomic E-state index is 0.0140. The van der Waals surface area contributed by atoms with E-state index in [1.807, 2.05) is 12.3 Å². The van der Waals surface area contributed by atoms with Gasteiger partial charge in [-0.05, 0) is 80.0 Å². The van der Waals surface area contributed by atoms with Gasteiger partial charge in [0.15, 0.2) is 5.11 Å². The largest absolute Gasteiger partial charge is 0.378 e. The number of pyridine rings is 1. The molecular weight excluding hydrogens is 454 g/mol. The molecule has 0 amide bonds. The predicted octanol–water partition coefficient (Wildman–Crippen LogP) is 4.95. The lowest BCUT2D eigenvalue weighted by Crippen LogP contribution is -2.36. The molecule has 5 rings (SSSR count). The number of ether oxygens (including phenoxy) is 1. The molecule has 3 aromatic rings. The molecule has 7 heteroatoms. The van der Waals surface area contributed by atoms with Crippen LogP contribution in [0, 0.1) is 19.8 Å². The maximum absolute atomic E-state index is 5.83. The highest BCUT2D eigenvalue weighted by atomic mass is 32.1. The fraction of sp³-hybridized carbons (Fsp3) is 0.429. The zero-order valence-corrected chi connectivity index (χ0v) is 21.9. The third-order valence-corrected chi connectivity index (χ3v) is 7.39. The summed E-state index contributed by atoms with van der Waals surface area (Å²) in [6, 6.07) is 17.5. The van der Waals surface area contributed by atoms with Gasteiger partial charge in [0.1, 0.15) is 0 Å². The Morgan fingerprint density at radius 3 is 2.43 bits per heavy atom. The number of aryl methyl sites for hydroxylation is 1. The maximum Gasteiger partial charge on any atom is 0.170 e. The van der Waals surface area contributed by atoms with E-state index in [1.54, 1.807) is 0 Å². The van der Waals surface area contributed by atoms with Gasteiger partial charge >= 0.3 is 0 Å². The standard InChI is InChI=1S/C28H35N5OS/c1-19(2)18-32-27(26(30-28(32)35)25-7-5-6-12-29-25)24-17-20(3)33(21(24)4)23-10-8-22(9-11-23)31-13-15-34-16-14-31/h5-12,17,19,26-27H,13-16,18H2,1-4H3,(H,30,35)/t26-,27-/m1/s1. The molecule has 1 aromatic carbocycles. The molecule has 4 heterocycles. The molecule has 35 heavy (non-hydrogen) atoms. The number of hydrogen-bond acceptors (Lipinski definition) is 4. The smallest absolute Gasteiger partial charge is 0.170 e. The quantitative estimate of drug-likeness (QED) is 0.494. The lowest BCUT2D eigenvalue weighted by molar-refractivity contribution is 0.122. The zero-order chi connectivity index (χ0) is 24.5. The number of aromatic nitrogens is 2. The zero-order valence-electron chi connectivity index (χ0n) is 21.1. The van der Waals surface area contributed by atoms with E-state index in [4.69, 9.17) is 17.0 Å². The van der Waals surface area contributed by atoms with Gasteiger partial charge in [-0.25, -0.2) is 0 Å². The van der Waals surface area contributed by atoms with E-state index >= 15 is 0 Å². The summed E-state index contributed by atoms with van der Waals surface area (Å²) < 4.78 is 7.87. The number of nitrogens with one attached hydrogen (secondary N) is 1. The first-order chi connectivity index (χ1) is 16.9. The van der Waals surface area contributed by atoms with Crippen LogP contribution < -0.4 is 10.2 Å². The Kier molecular flexibility index (Phi) is 6.80. The van der Waals surface area contributed by atoms with E-state index in [-0.39, 0.29) is 12.1 Å². The second-order valence-electron chi connectivity index (χ2n) is 9.95. The van der Waals surface area contributed by atoms with Crippen LogP contribution in [0.15, 0.2) is 54.7 Å². The number of rotatable bonds is 6. The Morgan fingerprint density at radius 1 is 1.06 bits per heavy atom. The van der Waals surface area contributed by atoms with E-state index in [9.17, 15) is 0 Å². The van der Waals surface area contributed by atoms with E-state index < -0.39 is 0 Å². The molecule has 1 N–H and O–H groups in total. The topological polar surface area (TPSA) is 45.6 Å². The van der Waals surface area contributed by atoms with Crippen LogP contribution in [0.4, 0.5) is 5.69 Å². The van der Waals surface area contributed by atoms with Gasteiger partial charge in [-0.2, -0.15) is 0 Å². The van der Waals surface area contributed by atoms with Crippen molar-refractivity contribution >= 4 is 23.0 Å². The molecule has 0 saturated carbocycles. The van der Waals surface area contributed by atoms with Crippen LogP contribution >= 0.6 is 12.2 Å². The molecule has 2 aliphatic heterocycles. The Labute approximate surface area is 213 Å². The average molecular weight is 490 g/mol. The highest BCUT2D eigenvalue weighted by molar-refractivity contribution is 7.80. The number of benzene rings is 1. The van der Waals surface area contributed by atoms with Crippen molar-refractivity contribution in [3.63, 3.8) is 0 Å². The predicted molar refractivity (Wildman–Crippen MR) is 145 cm³/mol. The van der Waals surface area contributed by atoms with Gasteiger partial charge in [0.2, 0.25) is 0 Å². The number of anilines is 1. The maximum atomic E-state index is 5.83. The molecule has 2 atom stereocenters. The van der Waals surface area contributed by atoms with Crippen molar-refractivity contribution in [3.8, 4) is 5.69 Å². The van der Waals surface area contributed by atoms with Crippen LogP contribution in [0.25, 0.3) is 5.69 Å². The van der Waals surface area contributed by atoms with Crippen molar-refractivity contribution in [2.24, 2.45) is 5.92 Å².